The molecule has 0 aliphatic carbocycles. The average Bonchev–Trinajstić information content (AvgIpc) is 2.47. The summed E-state index contributed by atoms with van der Waals surface area (Å²) in [5, 5.41) is 14.4. The first-order valence-electron chi connectivity index (χ1n) is 6.23. The summed E-state index contributed by atoms with van der Waals surface area (Å²) in [5.74, 6) is -0.598. The molecule has 0 atom stereocenters. The maximum atomic E-state index is 11.6. The number of carbonyl (C=O) groups is 1. The number of benzene rings is 1. The van der Waals surface area contributed by atoms with Gasteiger partial charge in [0.15, 0.2) is 0 Å². The second-order valence-electron chi connectivity index (χ2n) is 3.90. The van der Waals surface area contributed by atoms with Crippen LogP contribution in [-0.4, -0.2) is 24.0 Å². The highest BCUT2D eigenvalue weighted by atomic mass is 16.6. The maximum absolute atomic E-state index is 11.6. The molecule has 21 heavy (non-hydrogen) atoms. The molecule has 0 aromatic heterocycles. The van der Waals surface area contributed by atoms with Crippen molar-refractivity contribution < 1.29 is 14.5 Å². The van der Waals surface area contributed by atoms with Crippen LogP contribution in [0.5, 0.6) is 0 Å². The summed E-state index contributed by atoms with van der Waals surface area (Å²) < 4.78 is 4.80. The van der Waals surface area contributed by atoms with Gasteiger partial charge in [-0.15, -0.1) is 0 Å². The standard InChI is InChI=1S/C13H14N4O4/c1-2-21-13(18)11-7-6-10(12(9-11)17(19)20)5-3-4-8-15-16-14/h3,5-7,9H,2,4,8H2,1H3. The van der Waals surface area contributed by atoms with Crippen molar-refractivity contribution in [3.63, 3.8) is 0 Å². The fourth-order valence-corrected chi connectivity index (χ4v) is 1.57. The molecule has 8 nitrogen and oxygen atoms in total. The van der Waals surface area contributed by atoms with Gasteiger partial charge in [0.1, 0.15) is 0 Å². The average molecular weight is 290 g/mol. The van der Waals surface area contributed by atoms with Crippen LogP contribution >= 0.6 is 0 Å². The molecule has 0 fully saturated rings. The number of hydrogen-bond donors (Lipinski definition) is 0. The van der Waals surface area contributed by atoms with Crippen LogP contribution in [-0.2, 0) is 4.74 Å². The van der Waals surface area contributed by atoms with Crippen molar-refractivity contribution in [2.75, 3.05) is 13.2 Å². The van der Waals surface area contributed by atoms with Crippen LogP contribution in [0.3, 0.4) is 0 Å². The lowest BCUT2D eigenvalue weighted by Crippen LogP contribution is -2.05. The largest absolute Gasteiger partial charge is 0.462 e. The summed E-state index contributed by atoms with van der Waals surface area (Å²) >= 11 is 0. The van der Waals surface area contributed by atoms with Crippen LogP contribution in [0.2, 0.25) is 0 Å². The van der Waals surface area contributed by atoms with Gasteiger partial charge in [-0.05, 0) is 31.0 Å². The molecule has 1 rings (SSSR count). The van der Waals surface area contributed by atoms with E-state index in [1.807, 2.05) is 0 Å². The summed E-state index contributed by atoms with van der Waals surface area (Å²) in [4.78, 5) is 24.6. The minimum Gasteiger partial charge on any atom is -0.462 e. The molecule has 0 saturated heterocycles. The number of nitrogens with zero attached hydrogens (tertiary/aromatic N) is 4. The van der Waals surface area contributed by atoms with Crippen molar-refractivity contribution in [2.45, 2.75) is 13.3 Å². The molecule has 1 aromatic rings. The quantitative estimate of drug-likeness (QED) is 0.145. The monoisotopic (exact) mass is 290 g/mol. The third-order valence-corrected chi connectivity index (χ3v) is 2.49. The van der Waals surface area contributed by atoms with Crippen LogP contribution in [0.25, 0.3) is 16.5 Å². The molecule has 0 amide bonds. The SMILES string of the molecule is CCOC(=O)c1ccc(C=CCCN=[N+]=[N-])c([N+](=O)[O-])c1. The highest BCUT2D eigenvalue weighted by Crippen LogP contribution is 2.22. The van der Waals surface area contributed by atoms with Gasteiger partial charge in [-0.1, -0.05) is 17.3 Å². The Labute approximate surface area is 120 Å². The van der Waals surface area contributed by atoms with Gasteiger partial charge in [-0.2, -0.15) is 0 Å². The summed E-state index contributed by atoms with van der Waals surface area (Å²) in [6.45, 7) is 2.14. The van der Waals surface area contributed by atoms with E-state index in [9.17, 15) is 14.9 Å². The van der Waals surface area contributed by atoms with Gasteiger partial charge in [0.2, 0.25) is 0 Å². The molecule has 0 aliphatic heterocycles. The van der Waals surface area contributed by atoms with E-state index in [0.717, 1.165) is 0 Å². The Morgan fingerprint density at radius 2 is 2.33 bits per heavy atom. The van der Waals surface area contributed by atoms with Gasteiger partial charge in [0.25, 0.3) is 5.69 Å². The van der Waals surface area contributed by atoms with E-state index < -0.39 is 10.9 Å². The molecular formula is C13H14N4O4. The molecule has 8 heteroatoms. The van der Waals surface area contributed by atoms with Crippen LogP contribution < -0.4 is 0 Å². The summed E-state index contributed by atoms with van der Waals surface area (Å²) in [6, 6.07) is 4.14. The third kappa shape index (κ3) is 4.96. The minimum atomic E-state index is -0.598. The van der Waals surface area contributed by atoms with Crippen molar-refractivity contribution in [1.29, 1.82) is 0 Å². The van der Waals surface area contributed by atoms with Gasteiger partial charge in [0, 0.05) is 17.5 Å². The second kappa shape index (κ2) is 8.34. The normalized spacial score (nSPS) is 10.1. The zero-order chi connectivity index (χ0) is 15.7. The van der Waals surface area contributed by atoms with Gasteiger partial charge in [0.05, 0.1) is 22.7 Å². The van der Waals surface area contributed by atoms with E-state index in [0.29, 0.717) is 12.0 Å². The van der Waals surface area contributed by atoms with Gasteiger partial charge >= 0.3 is 5.97 Å². The molecule has 0 N–H and O–H groups in total. The van der Waals surface area contributed by atoms with Crippen LogP contribution in [0.4, 0.5) is 5.69 Å². The first-order chi connectivity index (χ1) is 10.1. The van der Waals surface area contributed by atoms with Crippen molar-refractivity contribution in [1.82, 2.24) is 0 Å². The number of azide groups is 1. The number of hydrogen-bond acceptors (Lipinski definition) is 5. The van der Waals surface area contributed by atoms with E-state index in [1.54, 1.807) is 19.1 Å². The molecule has 1 aromatic carbocycles. The molecule has 0 saturated carbocycles. The Bertz CT molecular complexity index is 606. The number of carbonyl (C=O) groups excluding carboxylic acids is 1. The van der Waals surface area contributed by atoms with Gasteiger partial charge in [-0.3, -0.25) is 10.1 Å². The van der Waals surface area contributed by atoms with E-state index in [2.05, 4.69) is 10.0 Å². The molecule has 0 spiro atoms. The number of nitro groups is 1. The molecule has 0 aliphatic rings. The van der Waals surface area contributed by atoms with Crippen molar-refractivity contribution in [3.8, 4) is 0 Å². The zero-order valence-electron chi connectivity index (χ0n) is 11.4. The first-order valence-corrected chi connectivity index (χ1v) is 6.23. The van der Waals surface area contributed by atoms with Crippen LogP contribution in [0, 0.1) is 10.1 Å². The minimum absolute atomic E-state index is 0.134. The van der Waals surface area contributed by atoms with Crippen LogP contribution in [0.15, 0.2) is 29.4 Å². The van der Waals surface area contributed by atoms with E-state index in [4.69, 9.17) is 10.3 Å². The topological polar surface area (TPSA) is 118 Å². The number of rotatable bonds is 7. The lowest BCUT2D eigenvalue weighted by molar-refractivity contribution is -0.385. The third-order valence-electron chi connectivity index (χ3n) is 2.49. The Balaban J connectivity index is 2.97. The fourth-order valence-electron chi connectivity index (χ4n) is 1.57. The Morgan fingerprint density at radius 1 is 1.57 bits per heavy atom. The molecule has 0 radical (unpaired) electrons. The number of esters is 1. The molecule has 0 heterocycles. The fraction of sp³-hybridized carbons (Fsp3) is 0.308. The number of ether oxygens (including phenoxy) is 1. The molecule has 0 bridgehead atoms. The van der Waals surface area contributed by atoms with E-state index in [1.165, 1.54) is 18.2 Å². The molecular weight excluding hydrogens is 276 g/mol. The van der Waals surface area contributed by atoms with E-state index >= 15 is 0 Å². The smallest absolute Gasteiger partial charge is 0.338 e. The van der Waals surface area contributed by atoms with Gasteiger partial charge in [-0.25, -0.2) is 4.79 Å². The van der Waals surface area contributed by atoms with Crippen molar-refractivity contribution in [2.24, 2.45) is 5.11 Å². The second-order valence-corrected chi connectivity index (χ2v) is 3.90. The van der Waals surface area contributed by atoms with E-state index in [-0.39, 0.29) is 24.4 Å². The summed E-state index contributed by atoms with van der Waals surface area (Å²) in [7, 11) is 0. The Kier molecular flexibility index (Phi) is 6.43. The van der Waals surface area contributed by atoms with Gasteiger partial charge < -0.3 is 4.74 Å². The highest BCUT2D eigenvalue weighted by molar-refractivity contribution is 5.90. The Morgan fingerprint density at radius 3 is 2.95 bits per heavy atom. The summed E-state index contributed by atoms with van der Waals surface area (Å²) in [6.07, 6.45) is 3.70. The predicted octanol–water partition coefficient (Wildman–Crippen LogP) is 3.49. The number of nitro benzene ring substituents is 1. The lowest BCUT2D eigenvalue weighted by atomic mass is 10.1. The van der Waals surface area contributed by atoms with Crippen molar-refractivity contribution >= 4 is 17.7 Å². The molecule has 110 valence electrons. The predicted molar refractivity (Wildman–Crippen MR) is 76.7 cm³/mol. The molecule has 0 unspecified atom stereocenters. The lowest BCUT2D eigenvalue weighted by Gasteiger charge is -2.03. The van der Waals surface area contributed by atoms with Crippen LogP contribution in [0.1, 0.15) is 29.3 Å². The van der Waals surface area contributed by atoms with Crippen molar-refractivity contribution in [3.05, 3.63) is 56.0 Å². The Hall–Kier alpha value is -2.86. The maximum Gasteiger partial charge on any atom is 0.338 e. The first kappa shape index (κ1) is 16.2. The highest BCUT2D eigenvalue weighted by Gasteiger charge is 2.16. The zero-order valence-corrected chi connectivity index (χ0v) is 11.4. The summed E-state index contributed by atoms with van der Waals surface area (Å²) in [5.41, 5.74) is 8.45.